The highest BCUT2D eigenvalue weighted by Crippen LogP contribution is 2.17. The van der Waals surface area contributed by atoms with Crippen molar-refractivity contribution in [1.82, 2.24) is 0 Å². The predicted octanol–water partition coefficient (Wildman–Crippen LogP) is 2.28. The molecule has 2 atom stereocenters. The van der Waals surface area contributed by atoms with Crippen LogP contribution >= 0.6 is 0 Å². The summed E-state index contributed by atoms with van der Waals surface area (Å²) in [6.45, 7) is 4.67. The summed E-state index contributed by atoms with van der Waals surface area (Å²) in [6, 6.07) is 7.77. The van der Waals surface area contributed by atoms with E-state index >= 15 is 0 Å². The first-order chi connectivity index (χ1) is 9.29. The van der Waals surface area contributed by atoms with Gasteiger partial charge >= 0.3 is 0 Å². The first kappa shape index (κ1) is 14.3. The first-order valence-corrected chi connectivity index (χ1v) is 6.97. The van der Waals surface area contributed by atoms with Crippen LogP contribution in [-0.2, 0) is 9.47 Å². The molecule has 1 aliphatic rings. The number of nitrogens with two attached hydrogens (primary N) is 1. The molecule has 4 nitrogen and oxygen atoms in total. The van der Waals surface area contributed by atoms with E-state index in [0.717, 1.165) is 30.8 Å². The Hall–Kier alpha value is -1.10. The molecule has 0 bridgehead atoms. The van der Waals surface area contributed by atoms with Crippen LogP contribution in [0.4, 0.5) is 0 Å². The van der Waals surface area contributed by atoms with Crippen molar-refractivity contribution >= 4 is 0 Å². The van der Waals surface area contributed by atoms with Crippen LogP contribution < -0.4 is 10.5 Å². The topological polar surface area (TPSA) is 53.7 Å². The van der Waals surface area contributed by atoms with E-state index in [1.807, 2.05) is 31.2 Å². The summed E-state index contributed by atoms with van der Waals surface area (Å²) in [5.41, 5.74) is 7.16. The first-order valence-electron chi connectivity index (χ1n) is 6.97. The Morgan fingerprint density at radius 1 is 1.37 bits per heavy atom. The lowest BCUT2D eigenvalue weighted by Gasteiger charge is -2.15. The molecule has 2 unspecified atom stereocenters. The third-order valence-corrected chi connectivity index (χ3v) is 3.24. The maximum absolute atomic E-state index is 6.10. The minimum atomic E-state index is -0.0999. The predicted molar refractivity (Wildman–Crippen MR) is 74.3 cm³/mol. The standard InChI is InChI=1S/C15H23NO3/c1-2-18-13-7-5-12(6-8-13)15(16)11-17-10-14-4-3-9-19-14/h5-8,14-15H,2-4,9-11,16H2,1H3. The average Bonchev–Trinajstić information content (AvgIpc) is 2.93. The van der Waals surface area contributed by atoms with Crippen molar-refractivity contribution in [2.45, 2.75) is 31.9 Å². The molecule has 1 fully saturated rings. The molecule has 4 heteroatoms. The van der Waals surface area contributed by atoms with Crippen LogP contribution in [0.15, 0.2) is 24.3 Å². The number of benzene rings is 1. The Morgan fingerprint density at radius 3 is 2.79 bits per heavy atom. The van der Waals surface area contributed by atoms with E-state index in [-0.39, 0.29) is 12.1 Å². The zero-order chi connectivity index (χ0) is 13.5. The normalized spacial score (nSPS) is 20.4. The van der Waals surface area contributed by atoms with Crippen molar-refractivity contribution in [2.24, 2.45) is 5.73 Å². The Bertz CT molecular complexity index is 360. The minimum Gasteiger partial charge on any atom is -0.494 e. The van der Waals surface area contributed by atoms with Gasteiger partial charge in [0.15, 0.2) is 0 Å². The van der Waals surface area contributed by atoms with Crippen molar-refractivity contribution in [3.05, 3.63) is 29.8 Å². The number of ether oxygens (including phenoxy) is 3. The fraction of sp³-hybridized carbons (Fsp3) is 0.600. The van der Waals surface area contributed by atoms with Gasteiger partial charge in [-0.15, -0.1) is 0 Å². The fourth-order valence-electron chi connectivity index (χ4n) is 2.18. The zero-order valence-electron chi connectivity index (χ0n) is 11.5. The molecule has 2 N–H and O–H groups in total. The molecular formula is C15H23NO3. The second-order valence-corrected chi connectivity index (χ2v) is 4.78. The van der Waals surface area contributed by atoms with Gasteiger partial charge in [0.2, 0.25) is 0 Å². The number of hydrogen-bond donors (Lipinski definition) is 1. The van der Waals surface area contributed by atoms with Gasteiger partial charge in [0, 0.05) is 6.61 Å². The molecule has 2 rings (SSSR count). The van der Waals surface area contributed by atoms with Gasteiger partial charge in [-0.25, -0.2) is 0 Å². The van der Waals surface area contributed by atoms with Crippen LogP contribution in [0, 0.1) is 0 Å². The molecule has 1 aromatic rings. The summed E-state index contributed by atoms with van der Waals surface area (Å²) in [7, 11) is 0. The van der Waals surface area contributed by atoms with Crippen LogP contribution in [0.25, 0.3) is 0 Å². The lowest BCUT2D eigenvalue weighted by atomic mass is 10.1. The molecule has 1 aliphatic heterocycles. The van der Waals surface area contributed by atoms with E-state index < -0.39 is 0 Å². The molecule has 106 valence electrons. The molecule has 0 saturated carbocycles. The number of hydrogen-bond acceptors (Lipinski definition) is 4. The molecule has 0 radical (unpaired) electrons. The van der Waals surface area contributed by atoms with Gasteiger partial charge in [0.25, 0.3) is 0 Å². The van der Waals surface area contributed by atoms with Gasteiger partial charge in [0.1, 0.15) is 5.75 Å². The van der Waals surface area contributed by atoms with Crippen LogP contribution in [0.3, 0.4) is 0 Å². The largest absolute Gasteiger partial charge is 0.494 e. The van der Waals surface area contributed by atoms with Gasteiger partial charge in [-0.3, -0.25) is 0 Å². The quantitative estimate of drug-likeness (QED) is 0.821. The van der Waals surface area contributed by atoms with Gasteiger partial charge in [-0.05, 0) is 37.5 Å². The molecular weight excluding hydrogens is 242 g/mol. The molecule has 0 amide bonds. The van der Waals surface area contributed by atoms with Crippen molar-refractivity contribution < 1.29 is 14.2 Å². The SMILES string of the molecule is CCOc1ccc(C(N)COCC2CCCO2)cc1. The molecule has 1 saturated heterocycles. The molecule has 1 aromatic carbocycles. The van der Waals surface area contributed by atoms with Gasteiger partial charge in [-0.1, -0.05) is 12.1 Å². The summed E-state index contributed by atoms with van der Waals surface area (Å²) in [4.78, 5) is 0. The fourth-order valence-corrected chi connectivity index (χ4v) is 2.18. The lowest BCUT2D eigenvalue weighted by Crippen LogP contribution is -2.21. The van der Waals surface area contributed by atoms with E-state index in [2.05, 4.69) is 0 Å². The average molecular weight is 265 g/mol. The van der Waals surface area contributed by atoms with E-state index in [0.29, 0.717) is 19.8 Å². The summed E-state index contributed by atoms with van der Waals surface area (Å²) in [5, 5.41) is 0. The Labute approximate surface area is 114 Å². The highest BCUT2D eigenvalue weighted by atomic mass is 16.5. The Kier molecular flexibility index (Phi) is 5.63. The molecule has 19 heavy (non-hydrogen) atoms. The van der Waals surface area contributed by atoms with E-state index in [9.17, 15) is 0 Å². The van der Waals surface area contributed by atoms with E-state index in [1.165, 1.54) is 0 Å². The van der Waals surface area contributed by atoms with Crippen LogP contribution in [0.5, 0.6) is 5.75 Å². The maximum Gasteiger partial charge on any atom is 0.119 e. The summed E-state index contributed by atoms with van der Waals surface area (Å²) in [5.74, 6) is 0.874. The molecule has 0 spiro atoms. The smallest absolute Gasteiger partial charge is 0.119 e. The van der Waals surface area contributed by atoms with Crippen LogP contribution in [0.1, 0.15) is 31.4 Å². The van der Waals surface area contributed by atoms with Crippen molar-refractivity contribution in [3.63, 3.8) is 0 Å². The molecule has 1 heterocycles. The highest BCUT2D eigenvalue weighted by molar-refractivity contribution is 5.29. The summed E-state index contributed by atoms with van der Waals surface area (Å²) >= 11 is 0. The minimum absolute atomic E-state index is 0.0999. The third kappa shape index (κ3) is 4.49. The van der Waals surface area contributed by atoms with Crippen molar-refractivity contribution in [1.29, 1.82) is 0 Å². The second kappa shape index (κ2) is 7.48. The lowest BCUT2D eigenvalue weighted by molar-refractivity contribution is 0.0129. The summed E-state index contributed by atoms with van der Waals surface area (Å²) in [6.07, 6.45) is 2.49. The summed E-state index contributed by atoms with van der Waals surface area (Å²) < 4.78 is 16.5. The molecule has 0 aliphatic carbocycles. The Balaban J connectivity index is 1.73. The maximum atomic E-state index is 6.10. The van der Waals surface area contributed by atoms with Crippen LogP contribution in [-0.4, -0.2) is 32.5 Å². The Morgan fingerprint density at radius 2 is 2.16 bits per heavy atom. The molecule has 0 aromatic heterocycles. The zero-order valence-corrected chi connectivity index (χ0v) is 11.5. The third-order valence-electron chi connectivity index (χ3n) is 3.24. The van der Waals surface area contributed by atoms with E-state index in [4.69, 9.17) is 19.9 Å². The monoisotopic (exact) mass is 265 g/mol. The van der Waals surface area contributed by atoms with Crippen molar-refractivity contribution in [2.75, 3.05) is 26.4 Å². The van der Waals surface area contributed by atoms with Gasteiger partial charge < -0.3 is 19.9 Å². The van der Waals surface area contributed by atoms with Crippen molar-refractivity contribution in [3.8, 4) is 5.75 Å². The highest BCUT2D eigenvalue weighted by Gasteiger charge is 2.16. The second-order valence-electron chi connectivity index (χ2n) is 4.78. The van der Waals surface area contributed by atoms with Crippen LogP contribution in [0.2, 0.25) is 0 Å². The van der Waals surface area contributed by atoms with Gasteiger partial charge in [-0.2, -0.15) is 0 Å². The van der Waals surface area contributed by atoms with E-state index in [1.54, 1.807) is 0 Å². The van der Waals surface area contributed by atoms with Gasteiger partial charge in [0.05, 0.1) is 32.0 Å². The number of rotatable bonds is 7.